The van der Waals surface area contributed by atoms with Crippen LogP contribution in [0.4, 0.5) is 0 Å². The van der Waals surface area contributed by atoms with Crippen molar-refractivity contribution < 1.29 is 0 Å². The van der Waals surface area contributed by atoms with Gasteiger partial charge in [-0.3, -0.25) is 0 Å². The first-order valence-electron chi connectivity index (χ1n) is 3.05. The molecule has 0 amide bonds. The van der Waals surface area contributed by atoms with Crippen molar-refractivity contribution in [3.05, 3.63) is 0 Å². The Morgan fingerprint density at radius 3 is 2.11 bits per heavy atom. The van der Waals surface area contributed by atoms with E-state index in [1.165, 1.54) is 25.7 Å². The number of rotatable bonds is 4. The van der Waals surface area contributed by atoms with Gasteiger partial charge in [-0.25, -0.2) is 0 Å². The van der Waals surface area contributed by atoms with Crippen LogP contribution in [0.1, 0.15) is 32.6 Å². The summed E-state index contributed by atoms with van der Waals surface area (Å²) in [7, 11) is 0. The third-order valence-corrected chi connectivity index (χ3v) is 1.94. The summed E-state index contributed by atoms with van der Waals surface area (Å²) >= 11 is 6.84. The maximum absolute atomic E-state index is 3.42. The molecule has 0 rings (SSSR count). The fourth-order valence-electron chi connectivity index (χ4n) is 0.549. The molecule has 0 aliphatic heterocycles. The van der Waals surface area contributed by atoms with Crippen LogP contribution in [-0.2, 0) is 0 Å². The van der Waals surface area contributed by atoms with E-state index in [9.17, 15) is 0 Å². The topological polar surface area (TPSA) is 0 Å². The second kappa shape index (κ2) is 9.18. The van der Waals surface area contributed by atoms with E-state index in [-0.39, 0.29) is 11.0 Å². The Labute approximate surface area is 79.1 Å². The molecular formula is C6H16Br2Si. The van der Waals surface area contributed by atoms with Crippen LogP contribution in [-0.4, -0.2) is 14.7 Å². The fraction of sp³-hybridized carbons (Fsp3) is 1.00. The lowest BCUT2D eigenvalue weighted by Gasteiger charge is -1.97. The van der Waals surface area contributed by atoms with E-state index >= 15 is 0 Å². The SMILES string of the molecule is CCCCCC(Br)Br.[SiH4]. The van der Waals surface area contributed by atoms with Crippen LogP contribution in [0.25, 0.3) is 0 Å². The molecule has 0 unspecified atom stereocenters. The van der Waals surface area contributed by atoms with Gasteiger partial charge in [0.05, 0.1) is 3.74 Å². The maximum Gasteiger partial charge on any atom is 0.0697 e. The molecule has 0 aliphatic rings. The Morgan fingerprint density at radius 1 is 1.22 bits per heavy atom. The lowest BCUT2D eigenvalue weighted by molar-refractivity contribution is 0.701. The van der Waals surface area contributed by atoms with Crippen molar-refractivity contribution in [2.45, 2.75) is 36.3 Å². The van der Waals surface area contributed by atoms with E-state index in [2.05, 4.69) is 38.8 Å². The minimum absolute atomic E-state index is 0. The Bertz CT molecular complexity index is 48.3. The molecule has 0 heterocycles. The molecule has 0 atom stereocenters. The molecule has 58 valence electrons. The smallest absolute Gasteiger partial charge is 0.0697 e. The predicted molar refractivity (Wildman–Crippen MR) is 57.1 cm³/mol. The molecule has 0 aromatic heterocycles. The zero-order chi connectivity index (χ0) is 6.41. The highest BCUT2D eigenvalue weighted by Gasteiger charge is 1.94. The summed E-state index contributed by atoms with van der Waals surface area (Å²) in [5.41, 5.74) is 0. The van der Waals surface area contributed by atoms with Crippen molar-refractivity contribution in [1.29, 1.82) is 0 Å². The van der Waals surface area contributed by atoms with E-state index in [0.29, 0.717) is 3.74 Å². The van der Waals surface area contributed by atoms with Crippen molar-refractivity contribution in [3.63, 3.8) is 0 Å². The Hall–Kier alpha value is 1.18. The van der Waals surface area contributed by atoms with Gasteiger partial charge in [-0.2, -0.15) is 0 Å². The van der Waals surface area contributed by atoms with Crippen molar-refractivity contribution >= 4 is 42.8 Å². The molecule has 0 aromatic carbocycles. The second-order valence-electron chi connectivity index (χ2n) is 1.89. The van der Waals surface area contributed by atoms with Gasteiger partial charge in [0.15, 0.2) is 0 Å². The van der Waals surface area contributed by atoms with E-state index in [1.54, 1.807) is 0 Å². The zero-order valence-electron chi connectivity index (χ0n) is 5.16. The largest absolute Gasteiger partial charge is 0.0765 e. The highest BCUT2D eigenvalue weighted by molar-refractivity contribution is 9.24. The van der Waals surface area contributed by atoms with Crippen LogP contribution in [0, 0.1) is 0 Å². The molecule has 0 fully saturated rings. The minimum atomic E-state index is 0. The zero-order valence-corrected chi connectivity index (χ0v) is 8.33. The molecule has 9 heavy (non-hydrogen) atoms. The van der Waals surface area contributed by atoms with E-state index in [4.69, 9.17) is 0 Å². The van der Waals surface area contributed by atoms with Gasteiger partial charge in [0.1, 0.15) is 0 Å². The van der Waals surface area contributed by atoms with Crippen LogP contribution in [0.3, 0.4) is 0 Å². The summed E-state index contributed by atoms with van der Waals surface area (Å²) in [5.74, 6) is 0. The quantitative estimate of drug-likeness (QED) is 0.419. The molecule has 0 N–H and O–H groups in total. The van der Waals surface area contributed by atoms with E-state index in [0.717, 1.165) is 0 Å². The fourth-order valence-corrected chi connectivity index (χ4v) is 1.20. The Kier molecular flexibility index (Phi) is 13.1. The predicted octanol–water partition coefficient (Wildman–Crippen LogP) is 2.23. The lowest BCUT2D eigenvalue weighted by Crippen LogP contribution is -1.83. The minimum Gasteiger partial charge on any atom is -0.0765 e. The molecule has 0 bridgehead atoms. The first kappa shape index (κ1) is 12.8. The van der Waals surface area contributed by atoms with Gasteiger partial charge in [-0.05, 0) is 17.4 Å². The van der Waals surface area contributed by atoms with Crippen LogP contribution >= 0.6 is 31.9 Å². The number of halogens is 2. The average Bonchev–Trinajstić information content (AvgIpc) is 1.66. The summed E-state index contributed by atoms with van der Waals surface area (Å²) in [5, 5.41) is 0. The summed E-state index contributed by atoms with van der Waals surface area (Å²) in [6, 6.07) is 0. The van der Waals surface area contributed by atoms with Gasteiger partial charge >= 0.3 is 0 Å². The Morgan fingerprint density at radius 2 is 1.78 bits per heavy atom. The highest BCUT2D eigenvalue weighted by atomic mass is 79.9. The van der Waals surface area contributed by atoms with Crippen LogP contribution < -0.4 is 0 Å². The molecule has 3 heteroatoms. The molecular weight excluding hydrogens is 260 g/mol. The molecule has 0 radical (unpaired) electrons. The van der Waals surface area contributed by atoms with Gasteiger partial charge < -0.3 is 0 Å². The highest BCUT2D eigenvalue weighted by Crippen LogP contribution is 2.15. The maximum atomic E-state index is 3.42. The van der Waals surface area contributed by atoms with Gasteiger partial charge in [-0.1, -0.05) is 58.0 Å². The molecule has 0 aliphatic carbocycles. The molecule has 0 aromatic rings. The summed E-state index contributed by atoms with van der Waals surface area (Å²) in [6.45, 7) is 2.22. The van der Waals surface area contributed by atoms with Crippen molar-refractivity contribution in [2.75, 3.05) is 0 Å². The number of unbranched alkanes of at least 4 members (excludes halogenated alkanes) is 2. The summed E-state index contributed by atoms with van der Waals surface area (Å²) in [6.07, 6.45) is 5.24. The number of hydrogen-bond acceptors (Lipinski definition) is 0. The van der Waals surface area contributed by atoms with Crippen molar-refractivity contribution in [1.82, 2.24) is 0 Å². The van der Waals surface area contributed by atoms with Gasteiger partial charge in [0.25, 0.3) is 0 Å². The van der Waals surface area contributed by atoms with Gasteiger partial charge in [-0.15, -0.1) is 0 Å². The molecule has 0 saturated carbocycles. The normalized spacial score (nSPS) is 9.33. The van der Waals surface area contributed by atoms with Gasteiger partial charge in [0, 0.05) is 0 Å². The van der Waals surface area contributed by atoms with E-state index < -0.39 is 0 Å². The molecule has 0 nitrogen and oxygen atoms in total. The van der Waals surface area contributed by atoms with Crippen LogP contribution in [0.15, 0.2) is 0 Å². The first-order valence-corrected chi connectivity index (χ1v) is 4.88. The first-order chi connectivity index (χ1) is 3.77. The number of alkyl halides is 2. The second-order valence-corrected chi connectivity index (χ2v) is 5.33. The van der Waals surface area contributed by atoms with Crippen molar-refractivity contribution in [3.8, 4) is 0 Å². The molecule has 0 saturated heterocycles. The summed E-state index contributed by atoms with van der Waals surface area (Å²) in [4.78, 5) is 0. The average molecular weight is 276 g/mol. The third-order valence-electron chi connectivity index (χ3n) is 1.03. The lowest BCUT2D eigenvalue weighted by atomic mass is 10.2. The number of hydrogen-bond donors (Lipinski definition) is 0. The Balaban J connectivity index is 0. The monoisotopic (exact) mass is 274 g/mol. The van der Waals surface area contributed by atoms with Gasteiger partial charge in [0.2, 0.25) is 0 Å². The van der Waals surface area contributed by atoms with Crippen LogP contribution in [0.5, 0.6) is 0 Å². The standard InChI is InChI=1S/C6H12Br2.H4Si/c1-2-3-4-5-6(7)8;/h6H,2-5H2,1H3;1H4. The summed E-state index contributed by atoms with van der Waals surface area (Å²) < 4.78 is 0.529. The molecule has 0 spiro atoms. The third kappa shape index (κ3) is 12.4. The van der Waals surface area contributed by atoms with Crippen molar-refractivity contribution in [2.24, 2.45) is 0 Å². The van der Waals surface area contributed by atoms with E-state index in [1.807, 2.05) is 0 Å². The van der Waals surface area contributed by atoms with Crippen LogP contribution in [0.2, 0.25) is 0 Å².